The summed E-state index contributed by atoms with van der Waals surface area (Å²) in [5, 5.41) is 3.35. The average Bonchev–Trinajstić information content (AvgIpc) is 2.43. The third kappa shape index (κ3) is 3.83. The fourth-order valence-corrected chi connectivity index (χ4v) is 2.68. The molecule has 0 radical (unpaired) electrons. The van der Waals surface area contributed by atoms with Gasteiger partial charge in [-0.1, -0.05) is 44.2 Å². The number of hydrogen-bond acceptors (Lipinski definition) is 1. The Morgan fingerprint density at radius 3 is 2.45 bits per heavy atom. The van der Waals surface area contributed by atoms with Crippen LogP contribution in [0.1, 0.15) is 25.3 Å². The summed E-state index contributed by atoms with van der Waals surface area (Å²) in [6.45, 7) is 5.20. The molecule has 1 N–H and O–H groups in total. The minimum absolute atomic E-state index is 0.225. The highest BCUT2D eigenvalue weighted by molar-refractivity contribution is 9.10. The molecule has 0 amide bonds. The molecule has 0 bridgehead atoms. The van der Waals surface area contributed by atoms with Crippen LogP contribution in [0, 0.1) is 11.7 Å². The monoisotopic (exact) mass is 335 g/mol. The fraction of sp³-hybridized carbons (Fsp3) is 0.294. The van der Waals surface area contributed by atoms with E-state index in [2.05, 4.69) is 59.4 Å². The number of nitrogens with one attached hydrogen (secondary N) is 1. The Balaban J connectivity index is 2.12. The summed E-state index contributed by atoms with van der Waals surface area (Å²) in [7, 11) is 0. The van der Waals surface area contributed by atoms with Crippen LogP contribution in [0.4, 0.5) is 10.1 Å². The summed E-state index contributed by atoms with van der Waals surface area (Å²) < 4.78 is 14.2. The van der Waals surface area contributed by atoms with Crippen LogP contribution in [-0.2, 0) is 0 Å². The molecule has 106 valence electrons. The number of anilines is 1. The van der Waals surface area contributed by atoms with Crippen molar-refractivity contribution >= 4 is 21.6 Å². The van der Waals surface area contributed by atoms with Crippen molar-refractivity contribution in [2.45, 2.75) is 19.8 Å². The second-order valence-electron chi connectivity index (χ2n) is 5.27. The summed E-state index contributed by atoms with van der Waals surface area (Å²) in [5.74, 6) is 0.681. The number of hydrogen-bond donors (Lipinski definition) is 1. The van der Waals surface area contributed by atoms with Crippen molar-refractivity contribution in [3.63, 3.8) is 0 Å². The van der Waals surface area contributed by atoms with E-state index in [1.165, 1.54) is 17.7 Å². The molecule has 0 spiro atoms. The first-order valence-electron chi connectivity index (χ1n) is 6.82. The molecule has 1 atom stereocenters. The van der Waals surface area contributed by atoms with Crippen LogP contribution in [0.15, 0.2) is 53.0 Å². The Morgan fingerprint density at radius 2 is 1.80 bits per heavy atom. The second-order valence-corrected chi connectivity index (χ2v) is 6.12. The van der Waals surface area contributed by atoms with Crippen LogP contribution in [0.5, 0.6) is 0 Å². The minimum Gasteiger partial charge on any atom is -0.383 e. The van der Waals surface area contributed by atoms with Gasteiger partial charge in [-0.3, -0.25) is 0 Å². The smallest absolute Gasteiger partial charge is 0.125 e. The van der Waals surface area contributed by atoms with Gasteiger partial charge in [-0.2, -0.15) is 0 Å². The third-order valence-electron chi connectivity index (χ3n) is 3.47. The molecule has 2 aromatic carbocycles. The molecule has 2 rings (SSSR count). The van der Waals surface area contributed by atoms with Gasteiger partial charge < -0.3 is 5.32 Å². The second kappa shape index (κ2) is 6.89. The van der Waals surface area contributed by atoms with Crippen LogP contribution >= 0.6 is 15.9 Å². The quantitative estimate of drug-likeness (QED) is 0.767. The predicted molar refractivity (Wildman–Crippen MR) is 86.6 cm³/mol. The lowest BCUT2D eigenvalue weighted by atomic mass is 9.88. The van der Waals surface area contributed by atoms with Crippen LogP contribution < -0.4 is 5.32 Å². The molecule has 3 heteroatoms. The van der Waals surface area contributed by atoms with Crippen LogP contribution in [-0.4, -0.2) is 6.54 Å². The van der Waals surface area contributed by atoms with Gasteiger partial charge in [0.2, 0.25) is 0 Å². The predicted octanol–water partition coefficient (Wildman–Crippen LogP) is 5.44. The zero-order chi connectivity index (χ0) is 14.5. The summed E-state index contributed by atoms with van der Waals surface area (Å²) in [6, 6.07) is 15.1. The molecular formula is C17H19BrFN. The standard InChI is InChI=1S/C17H19BrFN/c1-12(2)15(13-6-4-3-5-7-13)11-20-17-10-14(19)8-9-16(17)18/h3-10,12,15,20H,11H2,1-2H3. The lowest BCUT2D eigenvalue weighted by molar-refractivity contribution is 0.517. The van der Waals surface area contributed by atoms with E-state index in [4.69, 9.17) is 0 Å². The Bertz CT molecular complexity index is 554. The number of rotatable bonds is 5. The van der Waals surface area contributed by atoms with Gasteiger partial charge in [0.15, 0.2) is 0 Å². The SMILES string of the molecule is CC(C)C(CNc1cc(F)ccc1Br)c1ccccc1. The molecule has 20 heavy (non-hydrogen) atoms. The van der Waals surface area contributed by atoms with E-state index in [1.54, 1.807) is 6.07 Å². The number of halogens is 2. The minimum atomic E-state index is -0.225. The molecule has 0 aliphatic rings. The Morgan fingerprint density at radius 1 is 1.10 bits per heavy atom. The fourth-order valence-electron chi connectivity index (χ4n) is 2.29. The van der Waals surface area contributed by atoms with Crippen LogP contribution in [0.3, 0.4) is 0 Å². The zero-order valence-electron chi connectivity index (χ0n) is 11.7. The molecule has 2 aromatic rings. The van der Waals surface area contributed by atoms with Gasteiger partial charge in [-0.05, 0) is 45.6 Å². The summed E-state index contributed by atoms with van der Waals surface area (Å²) in [4.78, 5) is 0. The summed E-state index contributed by atoms with van der Waals surface area (Å²) >= 11 is 3.44. The molecule has 0 aromatic heterocycles. The largest absolute Gasteiger partial charge is 0.383 e. The molecule has 0 aliphatic heterocycles. The van der Waals surface area contributed by atoms with Gasteiger partial charge >= 0.3 is 0 Å². The first-order valence-corrected chi connectivity index (χ1v) is 7.61. The molecule has 0 aliphatic carbocycles. The highest BCUT2D eigenvalue weighted by Crippen LogP contribution is 2.27. The van der Waals surface area contributed by atoms with Crippen molar-refractivity contribution in [2.75, 3.05) is 11.9 Å². The van der Waals surface area contributed by atoms with Crippen molar-refractivity contribution in [3.8, 4) is 0 Å². The maximum Gasteiger partial charge on any atom is 0.125 e. The highest BCUT2D eigenvalue weighted by Gasteiger charge is 2.15. The Kier molecular flexibility index (Phi) is 5.18. The molecule has 0 saturated carbocycles. The van der Waals surface area contributed by atoms with Gasteiger partial charge in [0.1, 0.15) is 5.82 Å². The normalized spacial score (nSPS) is 12.4. The maximum atomic E-state index is 13.3. The van der Waals surface area contributed by atoms with Gasteiger partial charge in [0.25, 0.3) is 0 Å². The average molecular weight is 336 g/mol. The van der Waals surface area contributed by atoms with Crippen molar-refractivity contribution < 1.29 is 4.39 Å². The van der Waals surface area contributed by atoms with E-state index in [0.717, 1.165) is 16.7 Å². The van der Waals surface area contributed by atoms with E-state index >= 15 is 0 Å². The first-order chi connectivity index (χ1) is 9.58. The van der Waals surface area contributed by atoms with E-state index in [0.29, 0.717) is 11.8 Å². The van der Waals surface area contributed by atoms with Crippen LogP contribution in [0.25, 0.3) is 0 Å². The first kappa shape index (κ1) is 15.0. The molecule has 1 nitrogen and oxygen atoms in total. The van der Waals surface area contributed by atoms with E-state index in [-0.39, 0.29) is 5.82 Å². The molecular weight excluding hydrogens is 317 g/mol. The van der Waals surface area contributed by atoms with Crippen molar-refractivity contribution in [3.05, 3.63) is 64.4 Å². The Labute approximate surface area is 128 Å². The summed E-state index contributed by atoms with van der Waals surface area (Å²) in [6.07, 6.45) is 0. The Hall–Kier alpha value is -1.35. The molecule has 1 unspecified atom stereocenters. The van der Waals surface area contributed by atoms with Gasteiger partial charge in [-0.25, -0.2) is 4.39 Å². The lowest BCUT2D eigenvalue weighted by Crippen LogP contribution is -2.18. The van der Waals surface area contributed by atoms with Gasteiger partial charge in [0, 0.05) is 16.9 Å². The van der Waals surface area contributed by atoms with Crippen molar-refractivity contribution in [2.24, 2.45) is 5.92 Å². The highest BCUT2D eigenvalue weighted by atomic mass is 79.9. The van der Waals surface area contributed by atoms with E-state index in [9.17, 15) is 4.39 Å². The van der Waals surface area contributed by atoms with E-state index in [1.807, 2.05) is 6.07 Å². The molecule has 0 saturated heterocycles. The molecule has 0 heterocycles. The third-order valence-corrected chi connectivity index (χ3v) is 4.16. The van der Waals surface area contributed by atoms with Crippen molar-refractivity contribution in [1.29, 1.82) is 0 Å². The number of benzene rings is 2. The zero-order valence-corrected chi connectivity index (χ0v) is 13.3. The van der Waals surface area contributed by atoms with E-state index < -0.39 is 0 Å². The summed E-state index contributed by atoms with van der Waals surface area (Å²) in [5.41, 5.74) is 2.11. The molecule has 0 fully saturated rings. The van der Waals surface area contributed by atoms with Crippen LogP contribution in [0.2, 0.25) is 0 Å². The lowest BCUT2D eigenvalue weighted by Gasteiger charge is -2.23. The van der Waals surface area contributed by atoms with Gasteiger partial charge in [0.05, 0.1) is 5.69 Å². The topological polar surface area (TPSA) is 12.0 Å². The maximum absolute atomic E-state index is 13.3. The van der Waals surface area contributed by atoms with Crippen molar-refractivity contribution in [1.82, 2.24) is 0 Å². The van der Waals surface area contributed by atoms with Gasteiger partial charge in [-0.15, -0.1) is 0 Å².